The summed E-state index contributed by atoms with van der Waals surface area (Å²) in [6.45, 7) is 0.560. The number of hydrogen-bond acceptors (Lipinski definition) is 4. The van der Waals surface area contributed by atoms with Gasteiger partial charge in [0.1, 0.15) is 12.3 Å². The van der Waals surface area contributed by atoms with E-state index in [2.05, 4.69) is 15.0 Å². The Bertz CT molecular complexity index is 1050. The standard InChI is InChI=1S/C20H19F2N3O3/c1-12-4-3-5-16-18(12)23-11-25(19(16)27)10-17(26)24-13(2)14-6-8-15(9-7-14)28-20(21)22/h3-9,11,13,20H,10H2,1-2H3,(H,24,26). The lowest BCUT2D eigenvalue weighted by molar-refractivity contribution is -0.122. The summed E-state index contributed by atoms with van der Waals surface area (Å²) in [4.78, 5) is 29.2. The number of alkyl halides is 2. The molecule has 0 aliphatic rings. The third-order valence-electron chi connectivity index (χ3n) is 4.35. The Balaban J connectivity index is 1.69. The molecule has 3 aromatic rings. The first-order valence-corrected chi connectivity index (χ1v) is 8.64. The van der Waals surface area contributed by atoms with Crippen LogP contribution in [0.25, 0.3) is 10.9 Å². The number of carbonyl (C=O) groups excluding carboxylic acids is 1. The highest BCUT2D eigenvalue weighted by atomic mass is 19.3. The Hall–Kier alpha value is -3.29. The van der Waals surface area contributed by atoms with Gasteiger partial charge in [-0.2, -0.15) is 8.78 Å². The summed E-state index contributed by atoms with van der Waals surface area (Å²) in [5.74, 6) is -0.322. The summed E-state index contributed by atoms with van der Waals surface area (Å²) < 4.78 is 30.0. The molecule has 1 heterocycles. The van der Waals surface area contributed by atoms with Gasteiger partial charge in [-0.05, 0) is 43.2 Å². The second-order valence-corrected chi connectivity index (χ2v) is 6.39. The first-order chi connectivity index (χ1) is 13.3. The molecule has 146 valence electrons. The fourth-order valence-corrected chi connectivity index (χ4v) is 2.91. The Kier molecular flexibility index (Phi) is 5.67. The summed E-state index contributed by atoms with van der Waals surface area (Å²) in [5, 5.41) is 3.23. The molecular weight excluding hydrogens is 368 g/mol. The molecule has 2 aromatic carbocycles. The minimum absolute atomic E-state index is 0.0429. The van der Waals surface area contributed by atoms with Crippen LogP contribution in [0.5, 0.6) is 5.75 Å². The topological polar surface area (TPSA) is 73.2 Å². The highest BCUT2D eigenvalue weighted by Gasteiger charge is 2.13. The predicted molar refractivity (Wildman–Crippen MR) is 100 cm³/mol. The Morgan fingerprint density at radius 2 is 1.93 bits per heavy atom. The summed E-state index contributed by atoms with van der Waals surface area (Å²) in [6.07, 6.45) is 1.36. The van der Waals surface area contributed by atoms with Crippen molar-refractivity contribution in [2.75, 3.05) is 0 Å². The molecule has 1 N–H and O–H groups in total. The summed E-state index contributed by atoms with van der Waals surface area (Å²) >= 11 is 0. The van der Waals surface area contributed by atoms with E-state index in [1.807, 2.05) is 13.0 Å². The average molecular weight is 387 g/mol. The number of amides is 1. The van der Waals surface area contributed by atoms with Crippen molar-refractivity contribution in [1.29, 1.82) is 0 Å². The van der Waals surface area contributed by atoms with Crippen LogP contribution >= 0.6 is 0 Å². The van der Waals surface area contributed by atoms with Crippen molar-refractivity contribution < 1.29 is 18.3 Å². The number of aryl methyl sites for hydroxylation is 1. The summed E-state index contributed by atoms with van der Waals surface area (Å²) in [6, 6.07) is 10.9. The van der Waals surface area contributed by atoms with Gasteiger partial charge in [0.05, 0.1) is 23.3 Å². The molecule has 0 radical (unpaired) electrons. The summed E-state index contributed by atoms with van der Waals surface area (Å²) in [5.41, 5.74) is 1.93. The Morgan fingerprint density at radius 1 is 1.21 bits per heavy atom. The zero-order valence-corrected chi connectivity index (χ0v) is 15.4. The first-order valence-electron chi connectivity index (χ1n) is 8.64. The number of aromatic nitrogens is 2. The fourth-order valence-electron chi connectivity index (χ4n) is 2.91. The Morgan fingerprint density at radius 3 is 2.61 bits per heavy atom. The molecule has 1 unspecified atom stereocenters. The minimum Gasteiger partial charge on any atom is -0.435 e. The molecule has 0 aliphatic heterocycles. The molecule has 1 amide bonds. The van der Waals surface area contributed by atoms with Gasteiger partial charge in [-0.3, -0.25) is 14.2 Å². The SMILES string of the molecule is Cc1cccc2c(=O)n(CC(=O)NC(C)c3ccc(OC(F)F)cc3)cnc12. The van der Waals surface area contributed by atoms with Gasteiger partial charge in [-0.25, -0.2) is 4.98 Å². The number of para-hydroxylation sites is 1. The van der Waals surface area contributed by atoms with E-state index < -0.39 is 6.61 Å². The number of carbonyl (C=O) groups is 1. The van der Waals surface area contributed by atoms with Gasteiger partial charge < -0.3 is 10.1 Å². The van der Waals surface area contributed by atoms with Gasteiger partial charge in [-0.1, -0.05) is 24.3 Å². The van der Waals surface area contributed by atoms with Crippen LogP contribution in [-0.4, -0.2) is 22.1 Å². The zero-order valence-electron chi connectivity index (χ0n) is 15.4. The van der Waals surface area contributed by atoms with Crippen molar-refractivity contribution >= 4 is 16.8 Å². The van der Waals surface area contributed by atoms with E-state index in [-0.39, 0.29) is 29.8 Å². The van der Waals surface area contributed by atoms with Gasteiger partial charge in [0.15, 0.2) is 0 Å². The smallest absolute Gasteiger partial charge is 0.387 e. The van der Waals surface area contributed by atoms with E-state index in [0.717, 1.165) is 11.1 Å². The molecule has 1 atom stereocenters. The number of ether oxygens (including phenoxy) is 1. The van der Waals surface area contributed by atoms with Crippen LogP contribution in [0.15, 0.2) is 53.6 Å². The lowest BCUT2D eigenvalue weighted by Gasteiger charge is -2.15. The predicted octanol–water partition coefficient (Wildman–Crippen LogP) is 3.18. The van der Waals surface area contributed by atoms with Crippen molar-refractivity contribution in [2.24, 2.45) is 0 Å². The average Bonchev–Trinajstić information content (AvgIpc) is 2.64. The maximum absolute atomic E-state index is 12.6. The van der Waals surface area contributed by atoms with Crippen molar-refractivity contribution in [3.63, 3.8) is 0 Å². The molecule has 0 saturated heterocycles. The van der Waals surface area contributed by atoms with Crippen LogP contribution in [-0.2, 0) is 11.3 Å². The van der Waals surface area contributed by atoms with Crippen LogP contribution < -0.4 is 15.6 Å². The van der Waals surface area contributed by atoms with Crippen molar-refractivity contribution in [1.82, 2.24) is 14.9 Å². The molecule has 3 rings (SSSR count). The third kappa shape index (κ3) is 4.33. The van der Waals surface area contributed by atoms with E-state index in [1.54, 1.807) is 31.2 Å². The van der Waals surface area contributed by atoms with E-state index in [0.29, 0.717) is 10.9 Å². The monoisotopic (exact) mass is 387 g/mol. The largest absolute Gasteiger partial charge is 0.435 e. The normalized spacial score (nSPS) is 12.2. The van der Waals surface area contributed by atoms with Crippen LogP contribution in [0, 0.1) is 6.92 Å². The van der Waals surface area contributed by atoms with E-state index in [9.17, 15) is 18.4 Å². The number of benzene rings is 2. The maximum atomic E-state index is 12.6. The molecule has 28 heavy (non-hydrogen) atoms. The molecular formula is C20H19F2N3O3. The molecule has 0 fully saturated rings. The highest BCUT2D eigenvalue weighted by Crippen LogP contribution is 2.19. The molecule has 0 aliphatic carbocycles. The molecule has 8 heteroatoms. The number of halogens is 2. The van der Waals surface area contributed by atoms with Crippen LogP contribution in [0.3, 0.4) is 0 Å². The van der Waals surface area contributed by atoms with Crippen molar-refractivity contribution in [3.05, 3.63) is 70.3 Å². The number of rotatable bonds is 6. The molecule has 1 aromatic heterocycles. The quantitative estimate of drug-likeness (QED) is 0.705. The highest BCUT2D eigenvalue weighted by molar-refractivity contribution is 5.81. The zero-order chi connectivity index (χ0) is 20.3. The van der Waals surface area contributed by atoms with E-state index in [1.165, 1.54) is 23.0 Å². The molecule has 0 saturated carbocycles. The van der Waals surface area contributed by atoms with E-state index in [4.69, 9.17) is 0 Å². The minimum atomic E-state index is -2.89. The number of fused-ring (bicyclic) bond motifs is 1. The lowest BCUT2D eigenvalue weighted by Crippen LogP contribution is -2.34. The maximum Gasteiger partial charge on any atom is 0.387 e. The second-order valence-electron chi connectivity index (χ2n) is 6.39. The van der Waals surface area contributed by atoms with Gasteiger partial charge in [-0.15, -0.1) is 0 Å². The van der Waals surface area contributed by atoms with Gasteiger partial charge >= 0.3 is 6.61 Å². The number of nitrogens with one attached hydrogen (secondary N) is 1. The molecule has 0 bridgehead atoms. The number of nitrogens with zero attached hydrogens (tertiary/aromatic N) is 2. The first kappa shape index (κ1) is 19.5. The number of hydrogen-bond donors (Lipinski definition) is 1. The van der Waals surface area contributed by atoms with Crippen LogP contribution in [0.2, 0.25) is 0 Å². The fraction of sp³-hybridized carbons (Fsp3) is 0.250. The molecule has 6 nitrogen and oxygen atoms in total. The molecule has 0 spiro atoms. The van der Waals surface area contributed by atoms with Crippen LogP contribution in [0.4, 0.5) is 8.78 Å². The summed E-state index contributed by atoms with van der Waals surface area (Å²) in [7, 11) is 0. The second kappa shape index (κ2) is 8.16. The van der Waals surface area contributed by atoms with Crippen LogP contribution in [0.1, 0.15) is 24.1 Å². The Labute approximate surface area is 159 Å². The lowest BCUT2D eigenvalue weighted by atomic mass is 10.1. The van der Waals surface area contributed by atoms with Gasteiger partial charge in [0.2, 0.25) is 5.91 Å². The van der Waals surface area contributed by atoms with Crippen molar-refractivity contribution in [2.45, 2.75) is 33.0 Å². The van der Waals surface area contributed by atoms with Gasteiger partial charge in [0, 0.05) is 0 Å². The van der Waals surface area contributed by atoms with E-state index >= 15 is 0 Å². The van der Waals surface area contributed by atoms with Crippen molar-refractivity contribution in [3.8, 4) is 5.75 Å². The third-order valence-corrected chi connectivity index (χ3v) is 4.35. The van der Waals surface area contributed by atoms with Gasteiger partial charge in [0.25, 0.3) is 5.56 Å².